The van der Waals surface area contributed by atoms with Crippen molar-refractivity contribution in [2.75, 3.05) is 11.9 Å². The molecule has 0 saturated heterocycles. The number of hydrogen-bond donors (Lipinski definition) is 3. The van der Waals surface area contributed by atoms with Crippen molar-refractivity contribution in [3.8, 4) is 0 Å². The molecule has 102 valence electrons. The molecule has 2 rings (SSSR count). The number of unbranched alkanes of at least 4 members (excludes halogenated alkanes) is 2. The molecule has 0 bridgehead atoms. The van der Waals surface area contributed by atoms with Gasteiger partial charge >= 0.3 is 6.03 Å². The second-order valence-corrected chi connectivity index (χ2v) is 4.08. The molecule has 8 nitrogen and oxygen atoms in total. The Morgan fingerprint density at radius 1 is 1.42 bits per heavy atom. The number of carbonyl (C=O) groups is 1. The minimum atomic E-state index is -0.626. The molecule has 0 saturated carbocycles. The zero-order valence-electron chi connectivity index (χ0n) is 10.6. The first-order valence-electron chi connectivity index (χ1n) is 6.14. The number of anilines is 1. The van der Waals surface area contributed by atoms with Gasteiger partial charge in [-0.05, 0) is 6.42 Å². The molecule has 2 aromatic heterocycles. The third kappa shape index (κ3) is 3.16. The number of hydrogen-bond acceptors (Lipinski definition) is 5. The van der Waals surface area contributed by atoms with E-state index in [2.05, 4.69) is 32.2 Å². The van der Waals surface area contributed by atoms with Gasteiger partial charge in [0.1, 0.15) is 6.33 Å². The van der Waals surface area contributed by atoms with Gasteiger partial charge in [0.15, 0.2) is 17.0 Å². The molecular formula is C11H16N6O2. The van der Waals surface area contributed by atoms with E-state index in [1.54, 1.807) is 0 Å². The molecule has 0 aliphatic carbocycles. The molecule has 0 unspecified atom stereocenters. The Morgan fingerprint density at radius 3 is 3.05 bits per heavy atom. The second kappa shape index (κ2) is 6.10. The monoisotopic (exact) mass is 264 g/mol. The van der Waals surface area contributed by atoms with Gasteiger partial charge < -0.3 is 4.98 Å². The van der Waals surface area contributed by atoms with Gasteiger partial charge in [-0.15, -0.1) is 0 Å². The van der Waals surface area contributed by atoms with Crippen molar-refractivity contribution in [2.45, 2.75) is 26.2 Å². The molecule has 0 aliphatic heterocycles. The lowest BCUT2D eigenvalue weighted by Gasteiger charge is -2.15. The lowest BCUT2D eigenvalue weighted by Crippen LogP contribution is -2.33. The first kappa shape index (κ1) is 13.2. The maximum absolute atomic E-state index is 11.7. The summed E-state index contributed by atoms with van der Waals surface area (Å²) in [5, 5.41) is 12.7. The van der Waals surface area contributed by atoms with Gasteiger partial charge in [0.25, 0.3) is 0 Å². The van der Waals surface area contributed by atoms with Crippen molar-refractivity contribution in [3.63, 3.8) is 0 Å². The highest BCUT2D eigenvalue weighted by Crippen LogP contribution is 2.14. The third-order valence-electron chi connectivity index (χ3n) is 2.65. The summed E-state index contributed by atoms with van der Waals surface area (Å²) in [5.41, 5.74) is 0.985. The van der Waals surface area contributed by atoms with Crippen LogP contribution in [0.4, 0.5) is 10.6 Å². The summed E-state index contributed by atoms with van der Waals surface area (Å²) in [6, 6.07) is -0.626. The van der Waals surface area contributed by atoms with E-state index in [9.17, 15) is 10.0 Å². The van der Waals surface area contributed by atoms with Gasteiger partial charge in [0.05, 0.1) is 12.9 Å². The van der Waals surface area contributed by atoms with Crippen LogP contribution >= 0.6 is 0 Å². The van der Waals surface area contributed by atoms with E-state index in [0.29, 0.717) is 16.2 Å². The molecule has 0 spiro atoms. The van der Waals surface area contributed by atoms with Crippen LogP contribution in [-0.2, 0) is 0 Å². The third-order valence-corrected chi connectivity index (χ3v) is 2.65. The number of hydroxylamine groups is 2. The fourth-order valence-electron chi connectivity index (χ4n) is 1.64. The smallest absolute Gasteiger partial charge is 0.329 e. The topological polar surface area (TPSA) is 107 Å². The van der Waals surface area contributed by atoms with Crippen LogP contribution in [0.3, 0.4) is 0 Å². The number of aromatic nitrogens is 4. The summed E-state index contributed by atoms with van der Waals surface area (Å²) in [6.45, 7) is 2.34. The normalized spacial score (nSPS) is 10.6. The van der Waals surface area contributed by atoms with Crippen molar-refractivity contribution >= 4 is 23.0 Å². The fraction of sp³-hybridized carbons (Fsp3) is 0.455. The van der Waals surface area contributed by atoms with E-state index in [0.717, 1.165) is 19.3 Å². The number of nitrogens with one attached hydrogen (secondary N) is 2. The number of fused-ring (bicyclic) bond motifs is 1. The average Bonchev–Trinajstić information content (AvgIpc) is 2.88. The maximum atomic E-state index is 11.7. The van der Waals surface area contributed by atoms with Gasteiger partial charge in [-0.25, -0.2) is 24.8 Å². The Balaban J connectivity index is 2.00. The van der Waals surface area contributed by atoms with Crippen molar-refractivity contribution in [1.82, 2.24) is 25.0 Å². The number of H-pyrrole nitrogens is 1. The van der Waals surface area contributed by atoms with E-state index in [1.165, 1.54) is 12.7 Å². The van der Waals surface area contributed by atoms with Gasteiger partial charge in [0.2, 0.25) is 0 Å². The lowest BCUT2D eigenvalue weighted by atomic mass is 10.2. The molecule has 3 N–H and O–H groups in total. The summed E-state index contributed by atoms with van der Waals surface area (Å²) in [6.07, 6.45) is 5.51. The Bertz CT molecular complexity index is 555. The van der Waals surface area contributed by atoms with Gasteiger partial charge in [-0.2, -0.15) is 0 Å². The first-order chi connectivity index (χ1) is 9.22. The maximum Gasteiger partial charge on any atom is 0.346 e. The molecular weight excluding hydrogens is 248 g/mol. The second-order valence-electron chi connectivity index (χ2n) is 4.08. The number of rotatable bonds is 5. The van der Waals surface area contributed by atoms with Gasteiger partial charge in [-0.3, -0.25) is 10.5 Å². The Labute approximate surface area is 109 Å². The summed E-state index contributed by atoms with van der Waals surface area (Å²) in [5.74, 6) is 0.269. The first-order valence-corrected chi connectivity index (χ1v) is 6.14. The fourth-order valence-corrected chi connectivity index (χ4v) is 1.64. The SMILES string of the molecule is CCCCCN(O)C(=O)Nc1ncnc2[nH]cnc12. The zero-order chi connectivity index (χ0) is 13.7. The van der Waals surface area contributed by atoms with Crippen molar-refractivity contribution in [3.05, 3.63) is 12.7 Å². The predicted octanol–water partition coefficient (Wildman–Crippen LogP) is 1.77. The van der Waals surface area contributed by atoms with Crippen LogP contribution < -0.4 is 5.32 Å². The van der Waals surface area contributed by atoms with E-state index < -0.39 is 6.03 Å². The molecule has 8 heteroatoms. The van der Waals surface area contributed by atoms with Crippen LogP contribution in [0.15, 0.2) is 12.7 Å². The molecule has 0 atom stereocenters. The summed E-state index contributed by atoms with van der Waals surface area (Å²) in [4.78, 5) is 26.5. The van der Waals surface area contributed by atoms with Gasteiger partial charge in [0, 0.05) is 0 Å². The van der Waals surface area contributed by atoms with E-state index in [1.807, 2.05) is 0 Å². The highest BCUT2D eigenvalue weighted by molar-refractivity contribution is 5.95. The number of aromatic amines is 1. The van der Waals surface area contributed by atoms with Crippen LogP contribution in [-0.4, -0.2) is 42.8 Å². The number of urea groups is 1. The quantitative estimate of drug-likeness (QED) is 0.433. The van der Waals surface area contributed by atoms with Crippen LogP contribution in [0, 0.1) is 0 Å². The summed E-state index contributed by atoms with van der Waals surface area (Å²) in [7, 11) is 0. The minimum absolute atomic E-state index is 0.269. The predicted molar refractivity (Wildman–Crippen MR) is 68.7 cm³/mol. The molecule has 2 amide bonds. The molecule has 0 radical (unpaired) electrons. The van der Waals surface area contributed by atoms with E-state index in [4.69, 9.17) is 0 Å². The van der Waals surface area contributed by atoms with Crippen LogP contribution in [0.5, 0.6) is 0 Å². The van der Waals surface area contributed by atoms with E-state index >= 15 is 0 Å². The zero-order valence-corrected chi connectivity index (χ0v) is 10.6. The highest BCUT2D eigenvalue weighted by atomic mass is 16.5. The molecule has 0 aromatic carbocycles. The van der Waals surface area contributed by atoms with Crippen molar-refractivity contribution in [2.24, 2.45) is 0 Å². The van der Waals surface area contributed by atoms with Crippen molar-refractivity contribution in [1.29, 1.82) is 0 Å². The van der Waals surface area contributed by atoms with Gasteiger partial charge in [-0.1, -0.05) is 19.8 Å². The molecule has 2 aromatic rings. The number of amides is 2. The van der Waals surface area contributed by atoms with Crippen LogP contribution in [0.25, 0.3) is 11.2 Å². The van der Waals surface area contributed by atoms with E-state index in [-0.39, 0.29) is 12.4 Å². The number of carbonyl (C=O) groups excluding carboxylic acids is 1. The van der Waals surface area contributed by atoms with Crippen LogP contribution in [0.2, 0.25) is 0 Å². The highest BCUT2D eigenvalue weighted by Gasteiger charge is 2.14. The Kier molecular flexibility index (Phi) is 4.24. The number of nitrogens with zero attached hydrogens (tertiary/aromatic N) is 4. The summed E-state index contributed by atoms with van der Waals surface area (Å²) < 4.78 is 0. The number of imidazole rings is 1. The minimum Gasteiger partial charge on any atom is -0.329 e. The molecule has 0 fully saturated rings. The molecule has 0 aliphatic rings. The lowest BCUT2D eigenvalue weighted by molar-refractivity contribution is -0.0382. The Morgan fingerprint density at radius 2 is 2.26 bits per heavy atom. The largest absolute Gasteiger partial charge is 0.346 e. The Hall–Kier alpha value is -2.22. The standard InChI is InChI=1S/C11H16N6O2/c1-2-3-4-5-17(19)11(18)16-10-8-9(13-6-12-8)14-7-15-10/h6-7,19H,2-5H2,1H3,(H2,12,13,14,15,16,18). The summed E-state index contributed by atoms with van der Waals surface area (Å²) >= 11 is 0. The molecule has 2 heterocycles. The van der Waals surface area contributed by atoms with Crippen molar-refractivity contribution < 1.29 is 10.0 Å². The molecule has 19 heavy (non-hydrogen) atoms. The van der Waals surface area contributed by atoms with Crippen LogP contribution in [0.1, 0.15) is 26.2 Å². The average molecular weight is 264 g/mol.